The Morgan fingerprint density at radius 2 is 2.11 bits per heavy atom. The summed E-state index contributed by atoms with van der Waals surface area (Å²) in [6, 6.07) is 2.26. The number of nitrogens with one attached hydrogen (secondary N) is 1. The van der Waals surface area contributed by atoms with E-state index in [2.05, 4.69) is 34.0 Å². The largest absolute Gasteiger partial charge is 0.370 e. The summed E-state index contributed by atoms with van der Waals surface area (Å²) in [5.74, 6) is 2.60. The van der Waals surface area contributed by atoms with Crippen LogP contribution < -0.4 is 16.0 Å². The fraction of sp³-hybridized carbons (Fsp3) is 0.714. The minimum Gasteiger partial charge on any atom is -0.370 e. The molecule has 0 fully saturated rings. The third-order valence-corrected chi connectivity index (χ3v) is 3.27. The highest BCUT2D eigenvalue weighted by atomic mass is 15.2. The van der Waals surface area contributed by atoms with Crippen LogP contribution in [0.2, 0.25) is 0 Å². The molecule has 3 N–H and O–H groups in total. The molecule has 0 amide bonds. The van der Waals surface area contributed by atoms with Crippen LogP contribution in [0, 0.1) is 6.92 Å². The zero-order valence-electron chi connectivity index (χ0n) is 12.6. The number of unbranched alkanes of at least 4 members (excludes halogenated alkanes) is 2. The summed E-state index contributed by atoms with van der Waals surface area (Å²) >= 11 is 0. The normalized spacial score (nSPS) is 12.3. The van der Waals surface area contributed by atoms with Gasteiger partial charge in [0.15, 0.2) is 0 Å². The highest BCUT2D eigenvalue weighted by Crippen LogP contribution is 2.16. The van der Waals surface area contributed by atoms with E-state index in [1.165, 1.54) is 19.3 Å². The second-order valence-corrected chi connectivity index (χ2v) is 4.99. The van der Waals surface area contributed by atoms with Gasteiger partial charge >= 0.3 is 0 Å². The Kier molecular flexibility index (Phi) is 6.56. The third kappa shape index (κ3) is 5.03. The molecule has 19 heavy (non-hydrogen) atoms. The number of likely N-dealkylation sites (N-methyl/N-ethyl adjacent to an activating group) is 1. The number of nitrogens with two attached hydrogens (primary N) is 1. The summed E-state index contributed by atoms with van der Waals surface area (Å²) in [4.78, 5) is 11.0. The predicted molar refractivity (Wildman–Crippen MR) is 81.7 cm³/mol. The average molecular weight is 265 g/mol. The van der Waals surface area contributed by atoms with Crippen molar-refractivity contribution in [2.24, 2.45) is 5.73 Å². The maximum absolute atomic E-state index is 5.70. The van der Waals surface area contributed by atoms with Gasteiger partial charge in [0.05, 0.1) is 0 Å². The van der Waals surface area contributed by atoms with Gasteiger partial charge in [0.25, 0.3) is 0 Å². The Morgan fingerprint density at radius 1 is 1.37 bits per heavy atom. The fourth-order valence-corrected chi connectivity index (χ4v) is 1.80. The summed E-state index contributed by atoms with van der Waals surface area (Å²) in [6.45, 7) is 7.78. The van der Waals surface area contributed by atoms with E-state index in [1.807, 2.05) is 20.0 Å². The minimum absolute atomic E-state index is 0.266. The molecule has 0 aromatic carbocycles. The van der Waals surface area contributed by atoms with E-state index in [0.717, 1.165) is 24.0 Å². The van der Waals surface area contributed by atoms with E-state index in [9.17, 15) is 0 Å². The van der Waals surface area contributed by atoms with Crippen LogP contribution in [0.4, 0.5) is 11.6 Å². The highest BCUT2D eigenvalue weighted by molar-refractivity contribution is 5.49. The van der Waals surface area contributed by atoms with E-state index < -0.39 is 0 Å². The van der Waals surface area contributed by atoms with Gasteiger partial charge in [-0.2, -0.15) is 0 Å². The van der Waals surface area contributed by atoms with Crippen LogP contribution in [0.15, 0.2) is 6.07 Å². The van der Waals surface area contributed by atoms with Gasteiger partial charge in [-0.25, -0.2) is 9.97 Å². The van der Waals surface area contributed by atoms with Crippen LogP contribution >= 0.6 is 0 Å². The average Bonchev–Trinajstić information content (AvgIpc) is 2.41. The number of anilines is 2. The summed E-state index contributed by atoms with van der Waals surface area (Å²) < 4.78 is 0. The van der Waals surface area contributed by atoms with E-state index in [1.54, 1.807) is 0 Å². The first-order valence-corrected chi connectivity index (χ1v) is 7.11. The number of hydrogen-bond acceptors (Lipinski definition) is 5. The maximum Gasteiger partial charge on any atom is 0.134 e. The number of rotatable bonds is 8. The lowest BCUT2D eigenvalue weighted by atomic mass is 10.2. The standard InChI is InChI=1S/C14H27N5/c1-5-6-7-8-16-13-9-14(18-12(3)17-13)19(4)11(2)10-15/h9,11H,5-8,10,15H2,1-4H3,(H,16,17,18). The molecule has 0 aliphatic rings. The molecule has 5 heteroatoms. The van der Waals surface area contributed by atoms with E-state index in [4.69, 9.17) is 5.73 Å². The van der Waals surface area contributed by atoms with Crippen molar-refractivity contribution in [1.29, 1.82) is 0 Å². The van der Waals surface area contributed by atoms with Gasteiger partial charge in [-0.15, -0.1) is 0 Å². The number of aromatic nitrogens is 2. The molecule has 0 radical (unpaired) electrons. The Bertz CT molecular complexity index is 380. The molecule has 1 atom stereocenters. The first kappa shape index (κ1) is 15.7. The van der Waals surface area contributed by atoms with Crippen molar-refractivity contribution in [1.82, 2.24) is 9.97 Å². The molecule has 0 spiro atoms. The molecule has 1 rings (SSSR count). The molecule has 0 saturated carbocycles. The zero-order valence-corrected chi connectivity index (χ0v) is 12.6. The predicted octanol–water partition coefficient (Wildman–Crippen LogP) is 2.17. The minimum atomic E-state index is 0.266. The second-order valence-electron chi connectivity index (χ2n) is 4.99. The molecule has 1 aromatic heterocycles. The molecule has 108 valence electrons. The number of aryl methyl sites for hydroxylation is 1. The van der Waals surface area contributed by atoms with Crippen LogP contribution in [0.3, 0.4) is 0 Å². The van der Waals surface area contributed by atoms with Crippen LogP contribution in [-0.4, -0.2) is 36.1 Å². The quantitative estimate of drug-likeness (QED) is 0.705. The molecule has 0 saturated heterocycles. The van der Waals surface area contributed by atoms with Crippen molar-refractivity contribution in [2.45, 2.75) is 46.1 Å². The monoisotopic (exact) mass is 265 g/mol. The fourth-order valence-electron chi connectivity index (χ4n) is 1.80. The molecule has 1 aromatic rings. The lowest BCUT2D eigenvalue weighted by Crippen LogP contribution is -2.36. The lowest BCUT2D eigenvalue weighted by molar-refractivity contribution is 0.684. The van der Waals surface area contributed by atoms with E-state index in [0.29, 0.717) is 6.54 Å². The van der Waals surface area contributed by atoms with Gasteiger partial charge in [0.2, 0.25) is 0 Å². The van der Waals surface area contributed by atoms with Crippen LogP contribution in [0.25, 0.3) is 0 Å². The van der Waals surface area contributed by atoms with E-state index in [-0.39, 0.29) is 6.04 Å². The molecule has 0 bridgehead atoms. The maximum atomic E-state index is 5.70. The molecular formula is C14H27N5. The second kappa shape index (κ2) is 7.94. The van der Waals surface area contributed by atoms with Gasteiger partial charge in [-0.1, -0.05) is 19.8 Å². The smallest absolute Gasteiger partial charge is 0.134 e. The Labute approximate surface area is 116 Å². The third-order valence-electron chi connectivity index (χ3n) is 3.27. The first-order chi connectivity index (χ1) is 9.08. The topological polar surface area (TPSA) is 67.1 Å². The van der Waals surface area contributed by atoms with Gasteiger partial charge < -0.3 is 16.0 Å². The van der Waals surface area contributed by atoms with Crippen molar-refractivity contribution in [2.75, 3.05) is 30.4 Å². The van der Waals surface area contributed by atoms with Gasteiger partial charge in [0, 0.05) is 32.2 Å². The zero-order chi connectivity index (χ0) is 14.3. The summed E-state index contributed by atoms with van der Waals surface area (Å²) in [6.07, 6.45) is 3.64. The summed E-state index contributed by atoms with van der Waals surface area (Å²) in [5.41, 5.74) is 5.70. The Hall–Kier alpha value is -1.36. The van der Waals surface area contributed by atoms with Crippen molar-refractivity contribution in [3.05, 3.63) is 11.9 Å². The molecule has 0 aliphatic carbocycles. The molecule has 0 aliphatic heterocycles. The SMILES string of the molecule is CCCCCNc1cc(N(C)C(C)CN)nc(C)n1. The van der Waals surface area contributed by atoms with Gasteiger partial charge in [-0.3, -0.25) is 0 Å². The van der Waals surface area contributed by atoms with Gasteiger partial charge in [-0.05, 0) is 20.3 Å². The molecule has 1 unspecified atom stereocenters. The van der Waals surface area contributed by atoms with Gasteiger partial charge in [0.1, 0.15) is 17.5 Å². The van der Waals surface area contributed by atoms with Crippen LogP contribution in [-0.2, 0) is 0 Å². The number of nitrogens with zero attached hydrogens (tertiary/aromatic N) is 3. The first-order valence-electron chi connectivity index (χ1n) is 7.11. The van der Waals surface area contributed by atoms with Crippen molar-refractivity contribution in [3.8, 4) is 0 Å². The van der Waals surface area contributed by atoms with Crippen molar-refractivity contribution < 1.29 is 0 Å². The summed E-state index contributed by atoms with van der Waals surface area (Å²) in [5, 5.41) is 3.36. The Balaban J connectivity index is 2.70. The molecule has 1 heterocycles. The lowest BCUT2D eigenvalue weighted by Gasteiger charge is -2.25. The van der Waals surface area contributed by atoms with Crippen LogP contribution in [0.1, 0.15) is 38.9 Å². The van der Waals surface area contributed by atoms with Crippen LogP contribution in [0.5, 0.6) is 0 Å². The molecular weight excluding hydrogens is 238 g/mol. The Morgan fingerprint density at radius 3 is 2.74 bits per heavy atom. The highest BCUT2D eigenvalue weighted by Gasteiger charge is 2.11. The van der Waals surface area contributed by atoms with Crippen molar-refractivity contribution >= 4 is 11.6 Å². The summed E-state index contributed by atoms with van der Waals surface area (Å²) in [7, 11) is 2.01. The molecule has 5 nitrogen and oxygen atoms in total. The van der Waals surface area contributed by atoms with Crippen molar-refractivity contribution in [3.63, 3.8) is 0 Å². The van der Waals surface area contributed by atoms with E-state index >= 15 is 0 Å². The number of hydrogen-bond donors (Lipinski definition) is 2.